The van der Waals surface area contributed by atoms with Gasteiger partial charge >= 0.3 is 29.8 Å². The van der Waals surface area contributed by atoms with Crippen LogP contribution in [0.2, 0.25) is 0 Å². The molecule has 2 aromatic rings. The molecule has 1 saturated heterocycles. The highest BCUT2D eigenvalue weighted by molar-refractivity contribution is 7.94. The highest BCUT2D eigenvalue weighted by Gasteiger charge is 2.78. The van der Waals surface area contributed by atoms with Crippen molar-refractivity contribution in [1.29, 1.82) is 0 Å². The van der Waals surface area contributed by atoms with Crippen molar-refractivity contribution in [1.82, 2.24) is 0 Å². The molecule has 65 heavy (non-hydrogen) atoms. The number of aliphatic hydroxyl groups excluding tert-OH is 2. The standard InChI is InChI=1S/C45H55NO18S/c1-24(27-14-9-7-10-15-27)36(59-33(50)22-56-32(49)18-13-19-65-64-63-62-46)41(54)58-29-21-45(55)39(60-40(53)28-16-11-8-12-17-28)37-43(6,38(52)35(51)34(25(29)2)42(45,4)5)30(48)20-31-44(37,23-57-31)61-26(3)47/h7-12,14-17,24,29-31,35-37,39,48,51,55H,13,18-23,46H2,1-6H3/t24-,29-,30-,31+,35+,36+,37-,39-,43+,44-,45+/m0/s1. The first-order valence-corrected chi connectivity index (χ1v) is 22.0. The average Bonchev–Trinajstić information content (AvgIpc) is 3.27. The van der Waals surface area contributed by atoms with Crippen LogP contribution in [-0.4, -0.2) is 118 Å². The first-order valence-electron chi connectivity index (χ1n) is 21.1. The molecule has 0 unspecified atom stereocenters. The monoisotopic (exact) mass is 929 g/mol. The van der Waals surface area contributed by atoms with Crippen LogP contribution in [0, 0.1) is 16.7 Å². The van der Waals surface area contributed by atoms with Gasteiger partial charge in [0.25, 0.3) is 0 Å². The second-order valence-electron chi connectivity index (χ2n) is 17.5. The van der Waals surface area contributed by atoms with Gasteiger partial charge in [0.1, 0.15) is 30.0 Å². The lowest BCUT2D eigenvalue weighted by molar-refractivity contribution is -0.464. The number of ether oxygens (including phenoxy) is 6. The molecule has 2 bridgehead atoms. The highest BCUT2D eigenvalue weighted by atomic mass is 32.2. The van der Waals surface area contributed by atoms with Crippen molar-refractivity contribution in [2.24, 2.45) is 22.6 Å². The number of aliphatic hydroxyl groups is 3. The van der Waals surface area contributed by atoms with Gasteiger partial charge in [0.2, 0.25) is 6.10 Å². The molecule has 3 fully saturated rings. The zero-order valence-corrected chi connectivity index (χ0v) is 37.6. The highest BCUT2D eigenvalue weighted by Crippen LogP contribution is 2.64. The zero-order valence-electron chi connectivity index (χ0n) is 36.8. The Hall–Kier alpha value is -4.77. The lowest BCUT2D eigenvalue weighted by atomic mass is 9.44. The number of Topliss-reactive ketones (excluding diaryl/α,β-unsaturated/α-hetero) is 1. The summed E-state index contributed by atoms with van der Waals surface area (Å²) < 4.78 is 39.7. The molecular formula is C45H55NO18S. The van der Waals surface area contributed by atoms with Crippen molar-refractivity contribution in [3.05, 3.63) is 82.9 Å². The molecule has 3 aliphatic carbocycles. The normalized spacial score (nSPS) is 31.0. The summed E-state index contributed by atoms with van der Waals surface area (Å²) in [6, 6.07) is 16.4. The van der Waals surface area contributed by atoms with Crippen molar-refractivity contribution >= 4 is 47.7 Å². The molecule has 0 amide bonds. The zero-order chi connectivity index (χ0) is 47.5. The Morgan fingerprint density at radius 1 is 0.969 bits per heavy atom. The largest absolute Gasteiger partial charge is 0.455 e. The van der Waals surface area contributed by atoms with Crippen LogP contribution in [-0.2, 0) is 66.8 Å². The molecule has 19 nitrogen and oxygen atoms in total. The Morgan fingerprint density at radius 3 is 2.25 bits per heavy atom. The SMILES string of the molecule is CC(=O)O[C@@]12CO[C@@H]1C[C@H](O)[C@@]1(C)C(=O)[C@H](O)C3=C(C)[C@@H](OC(=O)[C@H](OC(=O)COC(=O)CCCSOOON)[C@@H](C)c4ccccc4)C[C@@](O)([C@@H](OC(=O)c4ccccc4)[C@H]21)C3(C)C. The second kappa shape index (κ2) is 20.0. The topological polar surface area (TPSA) is 272 Å². The number of rotatable bonds is 17. The minimum Gasteiger partial charge on any atom is -0.455 e. The van der Waals surface area contributed by atoms with Gasteiger partial charge in [0, 0.05) is 55.3 Å². The number of carbonyl (C=O) groups is 6. The maximum Gasteiger partial charge on any atom is 0.348 e. The van der Waals surface area contributed by atoms with E-state index in [1.807, 2.05) is 0 Å². The lowest BCUT2D eigenvalue weighted by Gasteiger charge is -2.67. The van der Waals surface area contributed by atoms with Gasteiger partial charge in [0.05, 0.1) is 29.6 Å². The Morgan fingerprint density at radius 2 is 1.63 bits per heavy atom. The lowest BCUT2D eigenvalue weighted by Crippen LogP contribution is -2.81. The van der Waals surface area contributed by atoms with Crippen LogP contribution in [0.25, 0.3) is 0 Å². The average molecular weight is 930 g/mol. The van der Waals surface area contributed by atoms with E-state index in [2.05, 4.69) is 20.3 Å². The maximum absolute atomic E-state index is 15.1. The van der Waals surface area contributed by atoms with E-state index in [-0.39, 0.29) is 48.3 Å². The number of hydrogen-bond donors (Lipinski definition) is 4. The van der Waals surface area contributed by atoms with Crippen LogP contribution in [0.5, 0.6) is 0 Å². The van der Waals surface area contributed by atoms with Gasteiger partial charge in [-0.2, -0.15) is 5.90 Å². The molecular weight excluding hydrogens is 875 g/mol. The molecule has 1 aliphatic heterocycles. The molecule has 354 valence electrons. The summed E-state index contributed by atoms with van der Waals surface area (Å²) in [6.07, 6.45) is -10.2. The predicted octanol–water partition coefficient (Wildman–Crippen LogP) is 3.07. The number of nitrogens with two attached hydrogens (primary N) is 1. The van der Waals surface area contributed by atoms with Crippen LogP contribution >= 0.6 is 12.0 Å². The summed E-state index contributed by atoms with van der Waals surface area (Å²) in [4.78, 5) is 86.2. The smallest absolute Gasteiger partial charge is 0.348 e. The molecule has 0 radical (unpaired) electrons. The summed E-state index contributed by atoms with van der Waals surface area (Å²) >= 11 is 0.807. The fourth-order valence-electron chi connectivity index (χ4n) is 10.00. The molecule has 0 aromatic heterocycles. The van der Waals surface area contributed by atoms with Gasteiger partial charge in [-0.3, -0.25) is 14.4 Å². The molecule has 4 aliphatic rings. The summed E-state index contributed by atoms with van der Waals surface area (Å²) in [7, 11) is 0. The second-order valence-corrected chi connectivity index (χ2v) is 18.3. The van der Waals surface area contributed by atoms with E-state index in [0.717, 1.165) is 19.0 Å². The Kier molecular flexibility index (Phi) is 15.3. The molecule has 0 spiro atoms. The van der Waals surface area contributed by atoms with Gasteiger partial charge in [-0.15, -0.1) is 9.32 Å². The van der Waals surface area contributed by atoms with Crippen LogP contribution in [0.15, 0.2) is 71.8 Å². The van der Waals surface area contributed by atoms with E-state index < -0.39 is 119 Å². The third-order valence-electron chi connectivity index (χ3n) is 13.5. The van der Waals surface area contributed by atoms with Crippen LogP contribution in [0.3, 0.4) is 0 Å². The number of benzene rings is 2. The van der Waals surface area contributed by atoms with Crippen LogP contribution in [0.1, 0.15) is 89.1 Å². The molecule has 1 heterocycles. The fourth-order valence-corrected chi connectivity index (χ4v) is 10.4. The van der Waals surface area contributed by atoms with Gasteiger partial charge in [-0.05, 0) is 54.1 Å². The van der Waals surface area contributed by atoms with Crippen molar-refractivity contribution in [2.75, 3.05) is 19.0 Å². The number of fused-ring (bicyclic) bond motifs is 5. The Balaban J connectivity index is 1.38. The minimum absolute atomic E-state index is 0.0665. The van der Waals surface area contributed by atoms with Gasteiger partial charge in [-0.1, -0.05) is 69.3 Å². The summed E-state index contributed by atoms with van der Waals surface area (Å²) in [5, 5.41) is 41.8. The fraction of sp³-hybridized carbons (Fsp3) is 0.556. The number of hydrogen-bond acceptors (Lipinski definition) is 20. The van der Waals surface area contributed by atoms with Crippen LogP contribution < -0.4 is 5.90 Å². The van der Waals surface area contributed by atoms with E-state index in [1.165, 1.54) is 26.0 Å². The molecule has 6 rings (SSSR count). The number of ketones is 1. The third-order valence-corrected chi connectivity index (χ3v) is 14.1. The Bertz CT molecular complexity index is 2140. The van der Waals surface area contributed by atoms with Crippen LogP contribution in [0.4, 0.5) is 0 Å². The third kappa shape index (κ3) is 9.46. The molecule has 11 atom stereocenters. The first-order chi connectivity index (χ1) is 30.7. The van der Waals surface area contributed by atoms with Crippen molar-refractivity contribution < 1.29 is 86.9 Å². The summed E-state index contributed by atoms with van der Waals surface area (Å²) in [6.45, 7) is 7.56. The van der Waals surface area contributed by atoms with E-state index in [1.54, 1.807) is 69.3 Å². The van der Waals surface area contributed by atoms with E-state index >= 15 is 4.79 Å². The van der Waals surface area contributed by atoms with Gasteiger partial charge in [0.15, 0.2) is 18.0 Å². The van der Waals surface area contributed by atoms with E-state index in [0.29, 0.717) is 5.56 Å². The summed E-state index contributed by atoms with van der Waals surface area (Å²) in [5.41, 5.74) is -7.12. The minimum atomic E-state index is -2.38. The maximum atomic E-state index is 15.1. The molecule has 20 heteroatoms. The summed E-state index contributed by atoms with van der Waals surface area (Å²) in [5.74, 6) is -3.03. The van der Waals surface area contributed by atoms with Gasteiger partial charge in [-0.25, -0.2) is 14.4 Å². The predicted molar refractivity (Wildman–Crippen MR) is 224 cm³/mol. The molecule has 5 N–H and O–H groups in total. The van der Waals surface area contributed by atoms with Crippen molar-refractivity contribution in [3.63, 3.8) is 0 Å². The first kappa shape index (κ1) is 49.7. The number of esters is 5. The quantitative estimate of drug-likeness (QED) is 0.0338. The molecule has 2 saturated carbocycles. The van der Waals surface area contributed by atoms with Gasteiger partial charge < -0.3 is 43.7 Å². The number of carbonyl (C=O) groups excluding carboxylic acids is 6. The molecule has 2 aromatic carbocycles. The Labute approximate surface area is 379 Å². The van der Waals surface area contributed by atoms with E-state index in [4.69, 9.17) is 28.4 Å². The van der Waals surface area contributed by atoms with Crippen molar-refractivity contribution in [2.45, 2.75) is 121 Å². The van der Waals surface area contributed by atoms with E-state index in [9.17, 15) is 39.3 Å². The van der Waals surface area contributed by atoms with Crippen molar-refractivity contribution in [3.8, 4) is 0 Å².